The molecular weight excluding hydrogens is 258 g/mol. The molecule has 0 atom stereocenters. The van der Waals surface area contributed by atoms with Crippen molar-refractivity contribution < 1.29 is 0 Å². The summed E-state index contributed by atoms with van der Waals surface area (Å²) in [5.74, 6) is 0.833. The van der Waals surface area contributed by atoms with E-state index >= 15 is 0 Å². The van der Waals surface area contributed by atoms with Crippen molar-refractivity contribution in [2.24, 2.45) is 4.99 Å². The van der Waals surface area contributed by atoms with Gasteiger partial charge in [-0.1, -0.05) is 11.6 Å². The highest BCUT2D eigenvalue weighted by molar-refractivity contribution is 6.30. The number of hydrogen-bond donors (Lipinski definition) is 1. The molecule has 19 heavy (non-hydrogen) atoms. The second kappa shape index (κ2) is 6.34. The van der Waals surface area contributed by atoms with E-state index in [1.165, 1.54) is 0 Å². The lowest BCUT2D eigenvalue weighted by Crippen LogP contribution is -2.16. The van der Waals surface area contributed by atoms with Crippen molar-refractivity contribution >= 4 is 23.1 Å². The second-order valence-corrected chi connectivity index (χ2v) is 4.88. The first kappa shape index (κ1) is 13.6. The molecule has 4 heteroatoms. The number of nitrogens with one attached hydrogen (secondary N) is 1. The van der Waals surface area contributed by atoms with Crippen LogP contribution in [0.25, 0.3) is 0 Å². The average Bonchev–Trinajstić information content (AvgIpc) is 2.41. The fourth-order valence-electron chi connectivity index (χ4n) is 1.62. The second-order valence-electron chi connectivity index (χ2n) is 4.44. The molecule has 1 aromatic carbocycles. The third kappa shape index (κ3) is 4.07. The van der Waals surface area contributed by atoms with Gasteiger partial charge in [-0.15, -0.1) is 0 Å². The van der Waals surface area contributed by atoms with Crippen LogP contribution in [0.1, 0.15) is 19.4 Å². The zero-order chi connectivity index (χ0) is 13.7. The number of pyridine rings is 1. The molecule has 0 amide bonds. The van der Waals surface area contributed by atoms with Crippen molar-refractivity contribution in [2.45, 2.75) is 19.9 Å². The van der Waals surface area contributed by atoms with E-state index in [1.807, 2.05) is 50.2 Å². The number of aromatic nitrogens is 1. The Morgan fingerprint density at radius 2 is 1.74 bits per heavy atom. The summed E-state index contributed by atoms with van der Waals surface area (Å²) in [4.78, 5) is 8.64. The van der Waals surface area contributed by atoms with E-state index in [0.717, 1.165) is 22.1 Å². The van der Waals surface area contributed by atoms with Crippen molar-refractivity contribution in [2.75, 3.05) is 5.32 Å². The molecule has 0 radical (unpaired) electrons. The molecule has 1 heterocycles. The fraction of sp³-hybridized carbons (Fsp3) is 0.200. The quantitative estimate of drug-likeness (QED) is 0.678. The van der Waals surface area contributed by atoms with Crippen LogP contribution in [0.5, 0.6) is 0 Å². The lowest BCUT2D eigenvalue weighted by atomic mass is 10.2. The van der Waals surface area contributed by atoms with Crippen molar-refractivity contribution in [1.29, 1.82) is 0 Å². The maximum Gasteiger partial charge on any atom is 0.133 e. The predicted octanol–water partition coefficient (Wildman–Crippen LogP) is 4.00. The summed E-state index contributed by atoms with van der Waals surface area (Å²) in [6.45, 7) is 4.09. The van der Waals surface area contributed by atoms with Crippen LogP contribution in [0, 0.1) is 0 Å². The van der Waals surface area contributed by atoms with Crippen molar-refractivity contribution in [3.63, 3.8) is 0 Å². The van der Waals surface area contributed by atoms with Crippen molar-refractivity contribution in [3.8, 4) is 0 Å². The molecule has 2 rings (SSSR count). The molecule has 0 saturated carbocycles. The monoisotopic (exact) mass is 273 g/mol. The van der Waals surface area contributed by atoms with Gasteiger partial charge in [-0.05, 0) is 50.2 Å². The maximum atomic E-state index is 5.88. The lowest BCUT2D eigenvalue weighted by Gasteiger charge is -2.11. The molecule has 0 spiro atoms. The fourth-order valence-corrected chi connectivity index (χ4v) is 1.74. The van der Waals surface area contributed by atoms with Gasteiger partial charge in [0.1, 0.15) is 5.84 Å². The Balaban J connectivity index is 2.27. The Bertz CT molecular complexity index is 547. The lowest BCUT2D eigenvalue weighted by molar-refractivity contribution is 0.836. The minimum atomic E-state index is 0.211. The molecule has 2 aromatic rings. The Labute approximate surface area is 118 Å². The zero-order valence-electron chi connectivity index (χ0n) is 11.0. The van der Waals surface area contributed by atoms with Crippen LogP contribution >= 0.6 is 11.6 Å². The molecule has 0 aliphatic carbocycles. The van der Waals surface area contributed by atoms with Gasteiger partial charge in [-0.3, -0.25) is 9.98 Å². The van der Waals surface area contributed by atoms with E-state index in [-0.39, 0.29) is 6.04 Å². The number of amidine groups is 1. The van der Waals surface area contributed by atoms with Crippen LogP contribution in [-0.4, -0.2) is 16.9 Å². The van der Waals surface area contributed by atoms with Gasteiger partial charge >= 0.3 is 0 Å². The van der Waals surface area contributed by atoms with Crippen molar-refractivity contribution in [1.82, 2.24) is 4.98 Å². The highest BCUT2D eigenvalue weighted by atomic mass is 35.5. The Morgan fingerprint density at radius 1 is 1.11 bits per heavy atom. The number of nitrogens with zero attached hydrogens (tertiary/aromatic N) is 2. The minimum Gasteiger partial charge on any atom is -0.340 e. The summed E-state index contributed by atoms with van der Waals surface area (Å²) >= 11 is 5.88. The molecule has 0 bridgehead atoms. The van der Waals surface area contributed by atoms with Crippen LogP contribution in [0.15, 0.2) is 53.8 Å². The molecular formula is C15H16ClN3. The summed E-state index contributed by atoms with van der Waals surface area (Å²) in [6, 6.07) is 11.6. The minimum absolute atomic E-state index is 0.211. The Morgan fingerprint density at radius 3 is 2.32 bits per heavy atom. The molecule has 0 aliphatic rings. The Hall–Kier alpha value is -1.87. The van der Waals surface area contributed by atoms with Gasteiger partial charge in [-0.25, -0.2) is 0 Å². The predicted molar refractivity (Wildman–Crippen MR) is 81.0 cm³/mol. The molecule has 98 valence electrons. The number of rotatable bonds is 3. The van der Waals surface area contributed by atoms with Gasteiger partial charge in [0, 0.05) is 34.7 Å². The van der Waals surface area contributed by atoms with E-state index < -0.39 is 0 Å². The molecule has 0 unspecified atom stereocenters. The summed E-state index contributed by atoms with van der Waals surface area (Å²) < 4.78 is 0. The normalized spacial score (nSPS) is 11.7. The third-order valence-electron chi connectivity index (χ3n) is 2.45. The van der Waals surface area contributed by atoms with Crippen molar-refractivity contribution in [3.05, 3.63) is 59.4 Å². The van der Waals surface area contributed by atoms with Gasteiger partial charge in [0.25, 0.3) is 0 Å². The van der Waals surface area contributed by atoms with E-state index in [0.29, 0.717) is 0 Å². The Kier molecular flexibility index (Phi) is 4.53. The van der Waals surface area contributed by atoms with Gasteiger partial charge in [-0.2, -0.15) is 0 Å². The average molecular weight is 274 g/mol. The van der Waals surface area contributed by atoms with Crippen LogP contribution < -0.4 is 5.32 Å². The number of halogens is 1. The largest absolute Gasteiger partial charge is 0.340 e. The van der Waals surface area contributed by atoms with Crippen LogP contribution in [0.4, 0.5) is 5.69 Å². The summed E-state index contributed by atoms with van der Waals surface area (Å²) in [6.07, 6.45) is 3.52. The molecule has 0 aliphatic heterocycles. The van der Waals surface area contributed by atoms with E-state index in [9.17, 15) is 0 Å². The van der Waals surface area contributed by atoms with Crippen LogP contribution in [0.3, 0.4) is 0 Å². The highest BCUT2D eigenvalue weighted by Crippen LogP contribution is 2.15. The molecule has 0 saturated heterocycles. The van der Waals surface area contributed by atoms with Gasteiger partial charge in [0.15, 0.2) is 0 Å². The first-order chi connectivity index (χ1) is 9.15. The smallest absolute Gasteiger partial charge is 0.133 e. The third-order valence-corrected chi connectivity index (χ3v) is 2.70. The summed E-state index contributed by atoms with van der Waals surface area (Å²) in [5, 5.41) is 4.04. The number of anilines is 1. The van der Waals surface area contributed by atoms with Crippen LogP contribution in [-0.2, 0) is 0 Å². The number of aliphatic imine (C=N–C) groups is 1. The zero-order valence-corrected chi connectivity index (χ0v) is 11.7. The van der Waals surface area contributed by atoms with Gasteiger partial charge in [0.2, 0.25) is 0 Å². The van der Waals surface area contributed by atoms with Gasteiger partial charge in [0.05, 0.1) is 0 Å². The van der Waals surface area contributed by atoms with Crippen LogP contribution in [0.2, 0.25) is 5.02 Å². The standard InChI is InChI=1S/C15H16ClN3/c1-11(2)18-15(12-7-9-17-10-8-12)19-14-5-3-13(16)4-6-14/h3-11H,1-2H3,(H,18,19). The topological polar surface area (TPSA) is 37.3 Å². The summed E-state index contributed by atoms with van der Waals surface area (Å²) in [5.41, 5.74) is 1.97. The van der Waals surface area contributed by atoms with E-state index in [4.69, 9.17) is 11.6 Å². The SMILES string of the molecule is CC(C)N=C(Nc1ccc(Cl)cc1)c1ccncc1. The first-order valence-electron chi connectivity index (χ1n) is 6.16. The molecule has 0 fully saturated rings. The molecule has 1 aromatic heterocycles. The molecule has 3 nitrogen and oxygen atoms in total. The first-order valence-corrected chi connectivity index (χ1v) is 6.54. The number of hydrogen-bond acceptors (Lipinski definition) is 2. The highest BCUT2D eigenvalue weighted by Gasteiger charge is 2.05. The summed E-state index contributed by atoms with van der Waals surface area (Å²) in [7, 11) is 0. The maximum absolute atomic E-state index is 5.88. The molecule has 1 N–H and O–H groups in total. The van der Waals surface area contributed by atoms with E-state index in [1.54, 1.807) is 12.4 Å². The number of benzene rings is 1. The van der Waals surface area contributed by atoms with E-state index in [2.05, 4.69) is 15.3 Å². The van der Waals surface area contributed by atoms with Gasteiger partial charge < -0.3 is 5.32 Å².